The second-order valence-corrected chi connectivity index (χ2v) is 4.58. The maximum absolute atomic E-state index is 12.4. The third-order valence-corrected chi connectivity index (χ3v) is 2.86. The van der Waals surface area contributed by atoms with Crippen molar-refractivity contribution in [2.24, 2.45) is 0 Å². The molecule has 0 unspecified atom stereocenters. The van der Waals surface area contributed by atoms with Gasteiger partial charge in [0.15, 0.2) is 0 Å². The molecule has 22 heavy (non-hydrogen) atoms. The number of hydrogen-bond donors (Lipinski definition) is 2. The third kappa shape index (κ3) is 4.85. The molecule has 7 heteroatoms. The van der Waals surface area contributed by atoms with Crippen molar-refractivity contribution in [3.05, 3.63) is 59.9 Å². The highest BCUT2D eigenvalue weighted by molar-refractivity contribution is 5.92. The summed E-state index contributed by atoms with van der Waals surface area (Å²) in [5.41, 5.74) is 0.558. The molecule has 0 radical (unpaired) electrons. The van der Waals surface area contributed by atoms with Crippen LogP contribution in [0.15, 0.2) is 48.8 Å². The lowest BCUT2D eigenvalue weighted by molar-refractivity contribution is -0.137. The molecule has 0 aliphatic rings. The molecule has 0 atom stereocenters. The highest BCUT2D eigenvalue weighted by Gasteiger charge is 2.29. The topological polar surface area (TPSA) is 54.0 Å². The van der Waals surface area contributed by atoms with Gasteiger partial charge in [0.1, 0.15) is 0 Å². The van der Waals surface area contributed by atoms with Crippen LogP contribution in [-0.4, -0.2) is 17.4 Å². The Labute approximate surface area is 125 Å². The van der Waals surface area contributed by atoms with Gasteiger partial charge in [-0.25, -0.2) is 0 Å². The van der Waals surface area contributed by atoms with E-state index < -0.39 is 11.7 Å². The Morgan fingerprint density at radius 2 is 1.68 bits per heavy atom. The van der Waals surface area contributed by atoms with Gasteiger partial charge in [-0.05, 0) is 42.0 Å². The normalized spacial score (nSPS) is 11.2. The molecule has 1 amide bonds. The molecule has 1 aromatic heterocycles. The SMILES string of the molecule is O=C(CNCc1ccncc1)Nc1ccc(C(F)(F)F)cc1. The summed E-state index contributed by atoms with van der Waals surface area (Å²) in [6, 6.07) is 7.95. The Balaban J connectivity index is 1.79. The van der Waals surface area contributed by atoms with Gasteiger partial charge >= 0.3 is 6.18 Å². The van der Waals surface area contributed by atoms with Gasteiger partial charge in [-0.2, -0.15) is 13.2 Å². The molecule has 1 heterocycles. The van der Waals surface area contributed by atoms with Crippen LogP contribution in [0.4, 0.5) is 18.9 Å². The first-order chi connectivity index (χ1) is 10.4. The van der Waals surface area contributed by atoms with E-state index in [1.807, 2.05) is 12.1 Å². The summed E-state index contributed by atoms with van der Waals surface area (Å²) in [5.74, 6) is -0.325. The Morgan fingerprint density at radius 1 is 1.05 bits per heavy atom. The van der Waals surface area contributed by atoms with Crippen molar-refractivity contribution in [3.63, 3.8) is 0 Å². The predicted octanol–water partition coefficient (Wildman–Crippen LogP) is 2.83. The van der Waals surface area contributed by atoms with Gasteiger partial charge in [0.05, 0.1) is 12.1 Å². The molecule has 4 nitrogen and oxygen atoms in total. The molecular weight excluding hydrogens is 295 g/mol. The first-order valence-corrected chi connectivity index (χ1v) is 6.52. The van der Waals surface area contributed by atoms with Crippen molar-refractivity contribution in [2.45, 2.75) is 12.7 Å². The van der Waals surface area contributed by atoms with E-state index in [1.165, 1.54) is 12.1 Å². The van der Waals surface area contributed by atoms with Gasteiger partial charge < -0.3 is 10.6 Å². The molecule has 0 spiro atoms. The molecule has 2 aromatic rings. The van der Waals surface area contributed by atoms with Gasteiger partial charge in [-0.1, -0.05) is 0 Å². The summed E-state index contributed by atoms with van der Waals surface area (Å²) in [7, 11) is 0. The smallest absolute Gasteiger partial charge is 0.325 e. The fourth-order valence-corrected chi connectivity index (χ4v) is 1.77. The zero-order valence-corrected chi connectivity index (χ0v) is 11.5. The van der Waals surface area contributed by atoms with Crippen LogP contribution < -0.4 is 10.6 Å². The number of nitrogens with zero attached hydrogens (tertiary/aromatic N) is 1. The molecule has 0 bridgehead atoms. The molecule has 0 fully saturated rings. The van der Waals surface area contributed by atoms with Crippen LogP contribution in [0, 0.1) is 0 Å². The van der Waals surface area contributed by atoms with Crippen LogP contribution in [-0.2, 0) is 17.5 Å². The molecule has 0 aliphatic carbocycles. The average molecular weight is 309 g/mol. The third-order valence-electron chi connectivity index (χ3n) is 2.86. The van der Waals surface area contributed by atoms with E-state index in [9.17, 15) is 18.0 Å². The van der Waals surface area contributed by atoms with Gasteiger partial charge in [0, 0.05) is 24.6 Å². The monoisotopic (exact) mass is 309 g/mol. The van der Waals surface area contributed by atoms with Crippen LogP contribution in [0.2, 0.25) is 0 Å². The maximum Gasteiger partial charge on any atom is 0.416 e. The lowest BCUT2D eigenvalue weighted by atomic mass is 10.2. The van der Waals surface area contributed by atoms with E-state index in [0.29, 0.717) is 12.2 Å². The van der Waals surface area contributed by atoms with Crippen molar-refractivity contribution < 1.29 is 18.0 Å². The number of carbonyl (C=O) groups excluding carboxylic acids is 1. The van der Waals surface area contributed by atoms with Gasteiger partial charge in [0.25, 0.3) is 0 Å². The number of anilines is 1. The highest BCUT2D eigenvalue weighted by Crippen LogP contribution is 2.29. The first-order valence-electron chi connectivity index (χ1n) is 6.52. The Morgan fingerprint density at radius 3 is 2.27 bits per heavy atom. The minimum Gasteiger partial charge on any atom is -0.325 e. The van der Waals surface area contributed by atoms with Gasteiger partial charge in [-0.15, -0.1) is 0 Å². The van der Waals surface area contributed by atoms with Crippen LogP contribution >= 0.6 is 0 Å². The molecular formula is C15H14F3N3O. The number of rotatable bonds is 5. The number of nitrogens with one attached hydrogen (secondary N) is 2. The molecule has 0 saturated carbocycles. The van der Waals surface area contributed by atoms with Gasteiger partial charge in [0.2, 0.25) is 5.91 Å². The van der Waals surface area contributed by atoms with Crippen LogP contribution in [0.3, 0.4) is 0 Å². The lowest BCUT2D eigenvalue weighted by Crippen LogP contribution is -2.27. The minimum absolute atomic E-state index is 0.0589. The quantitative estimate of drug-likeness (QED) is 0.893. The van der Waals surface area contributed by atoms with Crippen molar-refractivity contribution in [1.29, 1.82) is 0 Å². The summed E-state index contributed by atoms with van der Waals surface area (Å²) in [6.45, 7) is 0.562. The molecule has 1 aromatic carbocycles. The van der Waals surface area contributed by atoms with E-state index in [2.05, 4.69) is 15.6 Å². The number of halogens is 3. The zero-order valence-electron chi connectivity index (χ0n) is 11.5. The van der Waals surface area contributed by atoms with E-state index in [4.69, 9.17) is 0 Å². The van der Waals surface area contributed by atoms with Crippen molar-refractivity contribution in [3.8, 4) is 0 Å². The Kier molecular flexibility index (Phi) is 5.11. The number of pyridine rings is 1. The van der Waals surface area contributed by atoms with Crippen LogP contribution in [0.25, 0.3) is 0 Å². The van der Waals surface area contributed by atoms with E-state index in [-0.39, 0.29) is 12.5 Å². The largest absolute Gasteiger partial charge is 0.416 e. The van der Waals surface area contributed by atoms with E-state index in [0.717, 1.165) is 17.7 Å². The second kappa shape index (κ2) is 7.04. The van der Waals surface area contributed by atoms with Crippen molar-refractivity contribution in [1.82, 2.24) is 10.3 Å². The highest BCUT2D eigenvalue weighted by atomic mass is 19.4. The predicted molar refractivity (Wildman–Crippen MR) is 76.0 cm³/mol. The zero-order chi connectivity index (χ0) is 16.0. The summed E-state index contributed by atoms with van der Waals surface area (Å²) < 4.78 is 37.2. The molecule has 0 aliphatic heterocycles. The summed E-state index contributed by atoms with van der Waals surface area (Å²) in [4.78, 5) is 15.6. The standard InChI is InChI=1S/C15H14F3N3O/c16-15(17,18)12-1-3-13(4-2-12)21-14(22)10-20-9-11-5-7-19-8-6-11/h1-8,20H,9-10H2,(H,21,22). The summed E-state index contributed by atoms with van der Waals surface area (Å²) in [5, 5.41) is 5.46. The molecule has 116 valence electrons. The maximum atomic E-state index is 12.4. The fourth-order valence-electron chi connectivity index (χ4n) is 1.77. The number of alkyl halides is 3. The second-order valence-electron chi connectivity index (χ2n) is 4.58. The number of hydrogen-bond acceptors (Lipinski definition) is 3. The number of aromatic nitrogens is 1. The number of benzene rings is 1. The van der Waals surface area contributed by atoms with Crippen LogP contribution in [0.1, 0.15) is 11.1 Å². The first kappa shape index (κ1) is 16.0. The van der Waals surface area contributed by atoms with E-state index in [1.54, 1.807) is 12.4 Å². The lowest BCUT2D eigenvalue weighted by Gasteiger charge is -2.09. The van der Waals surface area contributed by atoms with Crippen molar-refractivity contribution >= 4 is 11.6 Å². The Bertz CT molecular complexity index is 612. The molecule has 0 saturated heterocycles. The summed E-state index contributed by atoms with van der Waals surface area (Å²) in [6.07, 6.45) is -1.08. The molecule has 2 rings (SSSR count). The Hall–Kier alpha value is -2.41. The van der Waals surface area contributed by atoms with Crippen LogP contribution in [0.5, 0.6) is 0 Å². The minimum atomic E-state index is -4.38. The summed E-state index contributed by atoms with van der Waals surface area (Å²) >= 11 is 0. The van der Waals surface area contributed by atoms with Crippen molar-refractivity contribution in [2.75, 3.05) is 11.9 Å². The number of carbonyl (C=O) groups is 1. The fraction of sp³-hybridized carbons (Fsp3) is 0.200. The molecule has 2 N–H and O–H groups in total. The van der Waals surface area contributed by atoms with Gasteiger partial charge in [-0.3, -0.25) is 9.78 Å². The van der Waals surface area contributed by atoms with E-state index >= 15 is 0 Å². The number of amides is 1. The average Bonchev–Trinajstić information content (AvgIpc) is 2.48.